The molecule has 1 aromatic heterocycles. The molecular weight excluding hydrogens is 479 g/mol. The molecule has 0 radical (unpaired) electrons. The molecule has 0 aliphatic heterocycles. The van der Waals surface area contributed by atoms with Gasteiger partial charge in [-0.3, -0.25) is 4.99 Å². The van der Waals surface area contributed by atoms with Gasteiger partial charge in [-0.25, -0.2) is 13.4 Å². The van der Waals surface area contributed by atoms with Crippen LogP contribution >= 0.6 is 24.0 Å². The predicted octanol–water partition coefficient (Wildman–Crippen LogP) is 2.58. The van der Waals surface area contributed by atoms with Crippen LogP contribution in [0.2, 0.25) is 0 Å². The number of halogens is 1. The van der Waals surface area contributed by atoms with Crippen molar-refractivity contribution >= 4 is 39.8 Å². The van der Waals surface area contributed by atoms with Crippen LogP contribution in [0.1, 0.15) is 29.3 Å². The molecular formula is C18H27IN4O3S. The van der Waals surface area contributed by atoms with E-state index in [2.05, 4.69) is 20.6 Å². The van der Waals surface area contributed by atoms with Crippen LogP contribution in [0.3, 0.4) is 0 Å². The van der Waals surface area contributed by atoms with Crippen molar-refractivity contribution in [1.29, 1.82) is 0 Å². The molecule has 0 aliphatic rings. The molecule has 1 heterocycles. The molecule has 0 aliphatic carbocycles. The number of aryl methyl sites for hydroxylation is 2. The zero-order chi connectivity index (χ0) is 19.0. The van der Waals surface area contributed by atoms with Crippen molar-refractivity contribution in [3.05, 3.63) is 53.2 Å². The van der Waals surface area contributed by atoms with Gasteiger partial charge in [0.05, 0.1) is 23.7 Å². The molecule has 2 aromatic rings. The van der Waals surface area contributed by atoms with E-state index in [1.54, 1.807) is 7.05 Å². The molecule has 0 saturated carbocycles. The maximum atomic E-state index is 12.2. The number of benzene rings is 1. The Morgan fingerprint density at radius 2 is 1.89 bits per heavy atom. The molecule has 1 aromatic carbocycles. The fraction of sp³-hybridized carbons (Fsp3) is 0.444. The van der Waals surface area contributed by atoms with Crippen molar-refractivity contribution < 1.29 is 12.8 Å². The Bertz CT molecular complexity index is 816. The van der Waals surface area contributed by atoms with Gasteiger partial charge in [0, 0.05) is 13.6 Å². The highest BCUT2D eigenvalue weighted by atomic mass is 127. The first-order chi connectivity index (χ1) is 12.4. The Morgan fingerprint density at radius 3 is 2.48 bits per heavy atom. The molecule has 0 fully saturated rings. The van der Waals surface area contributed by atoms with Crippen molar-refractivity contribution in [2.45, 2.75) is 32.6 Å². The molecule has 0 amide bonds. The van der Waals surface area contributed by atoms with E-state index >= 15 is 0 Å². The molecule has 27 heavy (non-hydrogen) atoms. The number of guanidine groups is 1. The van der Waals surface area contributed by atoms with Gasteiger partial charge in [0.25, 0.3) is 0 Å². The monoisotopic (exact) mass is 506 g/mol. The summed E-state index contributed by atoms with van der Waals surface area (Å²) < 4.78 is 29.8. The molecule has 2 rings (SSSR count). The second-order valence-electron chi connectivity index (χ2n) is 6.03. The highest BCUT2D eigenvalue weighted by Crippen LogP contribution is 2.08. The average Bonchev–Trinajstić information content (AvgIpc) is 2.92. The van der Waals surface area contributed by atoms with Crippen LogP contribution in [0.15, 0.2) is 39.7 Å². The lowest BCUT2D eigenvalue weighted by atomic mass is 10.2. The van der Waals surface area contributed by atoms with Crippen LogP contribution in [0, 0.1) is 13.8 Å². The van der Waals surface area contributed by atoms with Gasteiger partial charge in [-0.05, 0) is 25.8 Å². The van der Waals surface area contributed by atoms with E-state index in [4.69, 9.17) is 4.42 Å². The molecule has 0 spiro atoms. The van der Waals surface area contributed by atoms with E-state index in [9.17, 15) is 8.42 Å². The maximum absolute atomic E-state index is 12.2. The predicted molar refractivity (Wildman–Crippen MR) is 118 cm³/mol. The summed E-state index contributed by atoms with van der Waals surface area (Å²) in [6.45, 7) is 4.69. The van der Waals surface area contributed by atoms with E-state index in [-0.39, 0.29) is 35.5 Å². The Balaban J connectivity index is 0.00000364. The third kappa shape index (κ3) is 8.29. The zero-order valence-corrected chi connectivity index (χ0v) is 19.0. The van der Waals surface area contributed by atoms with Gasteiger partial charge in [-0.15, -0.1) is 24.0 Å². The first-order valence-electron chi connectivity index (χ1n) is 8.51. The number of hydrogen-bond donors (Lipinski definition) is 2. The van der Waals surface area contributed by atoms with E-state index < -0.39 is 9.84 Å². The largest absolute Gasteiger partial charge is 0.444 e. The number of aromatic nitrogens is 1. The number of oxazole rings is 1. The molecule has 9 heteroatoms. The fourth-order valence-corrected chi connectivity index (χ4v) is 3.82. The SMILES string of the molecule is CN=C(NCCCS(=O)(=O)Cc1ccccc1)NCc1nc(C)c(C)o1.I. The Kier molecular flexibility index (Phi) is 9.78. The summed E-state index contributed by atoms with van der Waals surface area (Å²) in [5, 5.41) is 6.20. The summed E-state index contributed by atoms with van der Waals surface area (Å²) in [5.74, 6) is 2.17. The minimum absolute atomic E-state index is 0. The number of sulfone groups is 1. The first-order valence-corrected chi connectivity index (χ1v) is 10.3. The van der Waals surface area contributed by atoms with Crippen LogP contribution in [0.5, 0.6) is 0 Å². The molecule has 0 bridgehead atoms. The van der Waals surface area contributed by atoms with Crippen molar-refractivity contribution in [3.8, 4) is 0 Å². The standard InChI is InChI=1S/C18H26N4O3S.HI/c1-14-15(2)25-17(22-14)12-21-18(19-3)20-10-7-11-26(23,24)13-16-8-5-4-6-9-16;/h4-6,8-9H,7,10-13H2,1-3H3,(H2,19,20,21);1H. The summed E-state index contributed by atoms with van der Waals surface area (Å²) in [6, 6.07) is 9.22. The summed E-state index contributed by atoms with van der Waals surface area (Å²) in [7, 11) is -1.46. The van der Waals surface area contributed by atoms with Crippen LogP contribution in [0.25, 0.3) is 0 Å². The topological polar surface area (TPSA) is 96.6 Å². The van der Waals surface area contributed by atoms with Crippen LogP contribution in [-0.2, 0) is 22.1 Å². The van der Waals surface area contributed by atoms with E-state index in [0.29, 0.717) is 31.4 Å². The van der Waals surface area contributed by atoms with Gasteiger partial charge in [-0.2, -0.15) is 0 Å². The van der Waals surface area contributed by atoms with Crippen LogP contribution < -0.4 is 10.6 Å². The second-order valence-corrected chi connectivity index (χ2v) is 8.22. The molecule has 0 saturated heterocycles. The van der Waals surface area contributed by atoms with Crippen molar-refractivity contribution in [3.63, 3.8) is 0 Å². The quantitative estimate of drug-likeness (QED) is 0.247. The lowest BCUT2D eigenvalue weighted by molar-refractivity contribution is 0.463. The molecule has 7 nitrogen and oxygen atoms in total. The Labute approximate surface area is 178 Å². The molecule has 150 valence electrons. The fourth-order valence-electron chi connectivity index (χ4n) is 2.39. The molecule has 0 unspecified atom stereocenters. The van der Waals surface area contributed by atoms with Gasteiger partial charge < -0.3 is 15.1 Å². The lowest BCUT2D eigenvalue weighted by Gasteiger charge is -2.10. The number of hydrogen-bond acceptors (Lipinski definition) is 5. The highest BCUT2D eigenvalue weighted by Gasteiger charge is 2.12. The van der Waals surface area contributed by atoms with E-state index in [1.165, 1.54) is 0 Å². The van der Waals surface area contributed by atoms with Crippen LogP contribution in [0.4, 0.5) is 0 Å². The molecule has 0 atom stereocenters. The minimum atomic E-state index is -3.12. The summed E-state index contributed by atoms with van der Waals surface area (Å²) in [5.41, 5.74) is 1.68. The summed E-state index contributed by atoms with van der Waals surface area (Å²) in [4.78, 5) is 8.40. The number of nitrogens with zero attached hydrogens (tertiary/aromatic N) is 2. The van der Waals surface area contributed by atoms with E-state index in [1.807, 2.05) is 44.2 Å². The van der Waals surface area contributed by atoms with Gasteiger partial charge in [-0.1, -0.05) is 30.3 Å². The maximum Gasteiger partial charge on any atom is 0.214 e. The second kappa shape index (κ2) is 11.3. The number of nitrogens with one attached hydrogen (secondary N) is 2. The van der Waals surface area contributed by atoms with Gasteiger partial charge in [0.1, 0.15) is 5.76 Å². The van der Waals surface area contributed by atoms with Gasteiger partial charge in [0.2, 0.25) is 5.89 Å². The Hall–Kier alpha value is -1.62. The van der Waals surface area contributed by atoms with Crippen molar-refractivity contribution in [2.24, 2.45) is 4.99 Å². The Morgan fingerprint density at radius 1 is 1.19 bits per heavy atom. The van der Waals surface area contributed by atoms with E-state index in [0.717, 1.165) is 17.0 Å². The number of aliphatic imine (C=N–C) groups is 1. The van der Waals surface area contributed by atoms with Crippen molar-refractivity contribution in [1.82, 2.24) is 15.6 Å². The van der Waals surface area contributed by atoms with Gasteiger partial charge in [0.15, 0.2) is 15.8 Å². The van der Waals surface area contributed by atoms with Gasteiger partial charge >= 0.3 is 0 Å². The first kappa shape index (κ1) is 23.4. The highest BCUT2D eigenvalue weighted by molar-refractivity contribution is 14.0. The molecule has 2 N–H and O–H groups in total. The average molecular weight is 506 g/mol. The normalized spacial score (nSPS) is 11.7. The lowest BCUT2D eigenvalue weighted by Crippen LogP contribution is -2.37. The zero-order valence-electron chi connectivity index (χ0n) is 15.9. The third-order valence-electron chi connectivity index (χ3n) is 3.86. The number of rotatable bonds is 8. The third-order valence-corrected chi connectivity index (χ3v) is 5.54. The van der Waals surface area contributed by atoms with Crippen LogP contribution in [-0.4, -0.2) is 38.7 Å². The minimum Gasteiger partial charge on any atom is -0.444 e. The van der Waals surface area contributed by atoms with Crippen molar-refractivity contribution in [2.75, 3.05) is 19.3 Å². The summed E-state index contributed by atoms with van der Waals surface area (Å²) in [6.07, 6.45) is 0.507. The smallest absolute Gasteiger partial charge is 0.214 e. The summed E-state index contributed by atoms with van der Waals surface area (Å²) >= 11 is 0.